The highest BCUT2D eigenvalue weighted by Crippen LogP contribution is 2.39. The maximum Gasteiger partial charge on any atom is 0.171 e. The lowest BCUT2D eigenvalue weighted by molar-refractivity contribution is 0.110. The van der Waals surface area contributed by atoms with Crippen LogP contribution in [0.5, 0.6) is 11.5 Å². The molecule has 1 aromatic heterocycles. The van der Waals surface area contributed by atoms with Gasteiger partial charge in [-0.1, -0.05) is 6.08 Å². The number of fused-ring (bicyclic) bond motifs is 1. The van der Waals surface area contributed by atoms with Crippen LogP contribution in [0.25, 0.3) is 0 Å². The number of thiophene rings is 1. The van der Waals surface area contributed by atoms with E-state index in [4.69, 9.17) is 15.9 Å². The van der Waals surface area contributed by atoms with Gasteiger partial charge in [-0.3, -0.25) is 0 Å². The summed E-state index contributed by atoms with van der Waals surface area (Å²) in [6, 6.07) is 0. The van der Waals surface area contributed by atoms with E-state index in [-0.39, 0.29) is 5.41 Å². The SMILES string of the molecule is C#CCC1(CC=C)COc2cscc2OC1. The zero-order valence-electron chi connectivity index (χ0n) is 9.07. The average Bonchev–Trinajstić information content (AvgIpc) is 2.66. The molecule has 2 heterocycles. The summed E-state index contributed by atoms with van der Waals surface area (Å²) in [5, 5.41) is 3.91. The summed E-state index contributed by atoms with van der Waals surface area (Å²) < 4.78 is 11.5. The predicted molar refractivity (Wildman–Crippen MR) is 66.0 cm³/mol. The number of allylic oxidation sites excluding steroid dienone is 1. The van der Waals surface area contributed by atoms with Crippen molar-refractivity contribution in [3.63, 3.8) is 0 Å². The average molecular weight is 234 g/mol. The fraction of sp³-hybridized carbons (Fsp3) is 0.385. The maximum absolute atomic E-state index is 5.75. The molecule has 0 saturated carbocycles. The van der Waals surface area contributed by atoms with Gasteiger partial charge >= 0.3 is 0 Å². The Labute approximate surface area is 99.9 Å². The van der Waals surface area contributed by atoms with Gasteiger partial charge in [0.25, 0.3) is 0 Å². The summed E-state index contributed by atoms with van der Waals surface area (Å²) in [5.41, 5.74) is -0.132. The van der Waals surface area contributed by atoms with E-state index in [1.165, 1.54) is 0 Å². The highest BCUT2D eigenvalue weighted by Gasteiger charge is 2.33. The molecule has 1 aromatic rings. The minimum absolute atomic E-state index is 0.132. The molecule has 0 aliphatic carbocycles. The van der Waals surface area contributed by atoms with Crippen LogP contribution in [0.2, 0.25) is 0 Å². The number of rotatable bonds is 3. The highest BCUT2D eigenvalue weighted by atomic mass is 32.1. The Hall–Kier alpha value is -1.40. The van der Waals surface area contributed by atoms with E-state index in [2.05, 4.69) is 12.5 Å². The molecule has 0 amide bonds. The molecule has 0 N–H and O–H groups in total. The Morgan fingerprint density at radius 1 is 1.44 bits per heavy atom. The first-order valence-corrected chi connectivity index (χ1v) is 6.10. The molecule has 2 nitrogen and oxygen atoms in total. The normalized spacial score (nSPS) is 17.2. The Balaban J connectivity index is 2.17. The predicted octanol–water partition coefficient (Wildman–Crippen LogP) is 3.11. The van der Waals surface area contributed by atoms with Gasteiger partial charge in [-0.05, 0) is 6.42 Å². The van der Waals surface area contributed by atoms with Crippen LogP contribution in [0.3, 0.4) is 0 Å². The van der Waals surface area contributed by atoms with E-state index in [1.54, 1.807) is 11.3 Å². The van der Waals surface area contributed by atoms with E-state index in [1.807, 2.05) is 16.8 Å². The zero-order chi connectivity index (χ0) is 11.4. The molecule has 0 fully saturated rings. The van der Waals surface area contributed by atoms with Crippen molar-refractivity contribution in [2.24, 2.45) is 5.41 Å². The zero-order valence-corrected chi connectivity index (χ0v) is 9.89. The topological polar surface area (TPSA) is 18.5 Å². The summed E-state index contributed by atoms with van der Waals surface area (Å²) in [6.45, 7) is 4.95. The standard InChI is InChI=1S/C13H14O2S/c1-3-5-13(6-4-2)9-14-11-7-16-8-12(11)15-10-13/h1,4,7-8H,2,5-6,9-10H2. The summed E-state index contributed by atoms with van der Waals surface area (Å²) in [7, 11) is 0. The molecule has 0 aromatic carbocycles. The van der Waals surface area contributed by atoms with Crippen LogP contribution in [0, 0.1) is 17.8 Å². The van der Waals surface area contributed by atoms with Gasteiger partial charge in [-0.2, -0.15) is 0 Å². The van der Waals surface area contributed by atoms with Gasteiger partial charge in [0.05, 0.1) is 18.6 Å². The number of terminal acetylenes is 1. The van der Waals surface area contributed by atoms with E-state index in [0.29, 0.717) is 19.6 Å². The second-order valence-corrected chi connectivity index (χ2v) is 4.79. The largest absolute Gasteiger partial charge is 0.488 e. The van der Waals surface area contributed by atoms with E-state index in [0.717, 1.165) is 17.9 Å². The van der Waals surface area contributed by atoms with Crippen molar-refractivity contribution in [2.45, 2.75) is 12.8 Å². The van der Waals surface area contributed by atoms with Crippen LogP contribution in [-0.4, -0.2) is 13.2 Å². The van der Waals surface area contributed by atoms with E-state index >= 15 is 0 Å². The van der Waals surface area contributed by atoms with Crippen molar-refractivity contribution < 1.29 is 9.47 Å². The minimum atomic E-state index is -0.132. The monoisotopic (exact) mass is 234 g/mol. The lowest BCUT2D eigenvalue weighted by Crippen LogP contribution is -2.32. The third kappa shape index (κ3) is 2.07. The van der Waals surface area contributed by atoms with Crippen molar-refractivity contribution >= 4 is 11.3 Å². The molecular weight excluding hydrogens is 220 g/mol. The summed E-state index contributed by atoms with van der Waals surface area (Å²) in [5.74, 6) is 4.36. The van der Waals surface area contributed by atoms with Gasteiger partial charge in [0.2, 0.25) is 0 Å². The third-order valence-corrected chi connectivity index (χ3v) is 3.42. The molecule has 2 rings (SSSR count). The minimum Gasteiger partial charge on any atom is -0.488 e. The molecule has 0 radical (unpaired) electrons. The Morgan fingerprint density at radius 3 is 2.56 bits per heavy atom. The molecular formula is C13H14O2S. The quantitative estimate of drug-likeness (QED) is 0.591. The lowest BCUT2D eigenvalue weighted by Gasteiger charge is -2.27. The Morgan fingerprint density at radius 2 is 2.06 bits per heavy atom. The van der Waals surface area contributed by atoms with Crippen molar-refractivity contribution in [3.8, 4) is 23.8 Å². The van der Waals surface area contributed by atoms with Crippen LogP contribution in [-0.2, 0) is 0 Å². The Kier molecular flexibility index (Phi) is 3.21. The first-order chi connectivity index (χ1) is 7.79. The summed E-state index contributed by atoms with van der Waals surface area (Å²) in [4.78, 5) is 0. The molecule has 0 saturated heterocycles. The molecule has 1 aliphatic heterocycles. The molecule has 0 bridgehead atoms. The third-order valence-electron chi connectivity index (χ3n) is 2.72. The first-order valence-electron chi connectivity index (χ1n) is 5.16. The molecule has 0 spiro atoms. The molecule has 0 unspecified atom stereocenters. The van der Waals surface area contributed by atoms with Crippen molar-refractivity contribution in [2.75, 3.05) is 13.2 Å². The second kappa shape index (κ2) is 4.63. The van der Waals surface area contributed by atoms with Gasteiger partial charge in [0.1, 0.15) is 0 Å². The number of hydrogen-bond donors (Lipinski definition) is 0. The number of ether oxygens (including phenoxy) is 2. The van der Waals surface area contributed by atoms with Crippen LogP contribution in [0.4, 0.5) is 0 Å². The molecule has 16 heavy (non-hydrogen) atoms. The van der Waals surface area contributed by atoms with Crippen LogP contribution >= 0.6 is 11.3 Å². The van der Waals surface area contributed by atoms with Gasteiger partial charge in [-0.25, -0.2) is 0 Å². The van der Waals surface area contributed by atoms with Crippen LogP contribution in [0.1, 0.15) is 12.8 Å². The second-order valence-electron chi connectivity index (χ2n) is 4.05. The van der Waals surface area contributed by atoms with Crippen molar-refractivity contribution in [3.05, 3.63) is 23.4 Å². The van der Waals surface area contributed by atoms with Crippen molar-refractivity contribution in [1.82, 2.24) is 0 Å². The van der Waals surface area contributed by atoms with Crippen LogP contribution < -0.4 is 9.47 Å². The molecule has 0 atom stereocenters. The maximum atomic E-state index is 5.75. The molecule has 1 aliphatic rings. The van der Waals surface area contributed by atoms with Crippen molar-refractivity contribution in [1.29, 1.82) is 0 Å². The van der Waals surface area contributed by atoms with Gasteiger partial charge in [-0.15, -0.1) is 30.3 Å². The smallest absolute Gasteiger partial charge is 0.171 e. The van der Waals surface area contributed by atoms with E-state index < -0.39 is 0 Å². The highest BCUT2D eigenvalue weighted by molar-refractivity contribution is 7.08. The number of hydrogen-bond acceptors (Lipinski definition) is 3. The Bertz CT molecular complexity index is 391. The molecule has 3 heteroatoms. The van der Waals surface area contributed by atoms with E-state index in [9.17, 15) is 0 Å². The first kappa shape index (κ1) is 11.1. The lowest BCUT2D eigenvalue weighted by atomic mass is 9.83. The van der Waals surface area contributed by atoms with Gasteiger partial charge in [0, 0.05) is 17.2 Å². The summed E-state index contributed by atoms with van der Waals surface area (Å²) in [6.07, 6.45) is 8.75. The van der Waals surface area contributed by atoms with Gasteiger partial charge in [0.15, 0.2) is 11.5 Å². The fourth-order valence-electron chi connectivity index (χ4n) is 1.80. The molecule has 84 valence electrons. The fourth-order valence-corrected chi connectivity index (χ4v) is 2.49. The van der Waals surface area contributed by atoms with Gasteiger partial charge < -0.3 is 9.47 Å². The summed E-state index contributed by atoms with van der Waals surface area (Å²) >= 11 is 1.58. The van der Waals surface area contributed by atoms with Crippen LogP contribution in [0.15, 0.2) is 23.4 Å².